The van der Waals surface area contributed by atoms with E-state index >= 15 is 0 Å². The van der Waals surface area contributed by atoms with Crippen LogP contribution in [0.5, 0.6) is 0 Å². The van der Waals surface area contributed by atoms with Gasteiger partial charge in [-0.3, -0.25) is 15.1 Å². The first-order valence-electron chi connectivity index (χ1n) is 4.79. The topological polar surface area (TPSA) is 77.3 Å². The number of carbonyl (C=O) groups excluding carboxylic acids is 1. The molecule has 82 valence electrons. The zero-order chi connectivity index (χ0) is 11.1. The molecular weight excluding hydrogens is 212 g/mol. The molecule has 1 rings (SSSR count). The Balaban J connectivity index is 2.13. The van der Waals surface area contributed by atoms with Crippen molar-refractivity contribution in [1.82, 2.24) is 10.6 Å². The Morgan fingerprint density at radius 2 is 2.40 bits per heavy atom. The molecule has 0 spiro atoms. The lowest BCUT2D eigenvalue weighted by Gasteiger charge is -2.02. The highest BCUT2D eigenvalue weighted by atomic mass is 32.2. The molecule has 1 aliphatic rings. The maximum atomic E-state index is 11.2. The molecule has 0 unspecified atom stereocenters. The van der Waals surface area contributed by atoms with Crippen LogP contribution in [-0.2, 0) is 4.79 Å². The summed E-state index contributed by atoms with van der Waals surface area (Å²) >= 11 is 1.38. The largest absolute Gasteiger partial charge is 0.354 e. The van der Waals surface area contributed by atoms with E-state index in [4.69, 9.17) is 5.26 Å². The van der Waals surface area contributed by atoms with Crippen molar-refractivity contribution >= 4 is 22.8 Å². The van der Waals surface area contributed by atoms with Crippen LogP contribution in [0.1, 0.15) is 12.8 Å². The van der Waals surface area contributed by atoms with E-state index in [1.807, 2.05) is 12.4 Å². The van der Waals surface area contributed by atoms with Gasteiger partial charge in [-0.15, -0.1) is 0 Å². The molecular formula is C9H14N4OS. The van der Waals surface area contributed by atoms with Crippen LogP contribution < -0.4 is 10.6 Å². The smallest absolute Gasteiger partial charge is 0.223 e. The monoisotopic (exact) mass is 226 g/mol. The van der Waals surface area contributed by atoms with Gasteiger partial charge in [0.2, 0.25) is 5.91 Å². The molecule has 0 aromatic carbocycles. The lowest BCUT2D eigenvalue weighted by atomic mass is 10.4. The maximum Gasteiger partial charge on any atom is 0.223 e. The van der Waals surface area contributed by atoms with E-state index < -0.39 is 0 Å². The zero-order valence-corrected chi connectivity index (χ0v) is 9.43. The Bertz CT molecular complexity index is 293. The Morgan fingerprint density at radius 3 is 2.93 bits per heavy atom. The predicted octanol–water partition coefficient (Wildman–Crippen LogP) is 0.302. The van der Waals surface area contributed by atoms with Crippen molar-refractivity contribution < 1.29 is 4.79 Å². The van der Waals surface area contributed by atoms with Gasteiger partial charge in [-0.2, -0.15) is 5.26 Å². The summed E-state index contributed by atoms with van der Waals surface area (Å²) in [6.45, 7) is 1.04. The third-order valence-corrected chi connectivity index (χ3v) is 2.59. The molecule has 2 N–H and O–H groups in total. The van der Waals surface area contributed by atoms with Crippen LogP contribution in [0.25, 0.3) is 0 Å². The van der Waals surface area contributed by atoms with Gasteiger partial charge in [-0.25, -0.2) is 0 Å². The standard InChI is InChI=1S/C9H14N4OS/c1-15-9(13-6-10)12-5-4-11-8(14)7-2-3-7/h7H,2-5H2,1H3,(H,11,14)(H,12,13). The molecule has 1 saturated carbocycles. The number of amides is 1. The quantitative estimate of drug-likeness (QED) is 0.238. The molecule has 6 heteroatoms. The van der Waals surface area contributed by atoms with Crippen molar-refractivity contribution in [2.75, 3.05) is 19.3 Å². The molecule has 5 nitrogen and oxygen atoms in total. The molecule has 15 heavy (non-hydrogen) atoms. The van der Waals surface area contributed by atoms with Crippen molar-refractivity contribution in [3.63, 3.8) is 0 Å². The van der Waals surface area contributed by atoms with Crippen LogP contribution in [0.3, 0.4) is 0 Å². The Labute approximate surface area is 93.3 Å². The molecule has 0 heterocycles. The Kier molecular flexibility index (Phi) is 4.98. The minimum absolute atomic E-state index is 0.129. The van der Waals surface area contributed by atoms with Crippen molar-refractivity contribution in [2.45, 2.75) is 12.8 Å². The van der Waals surface area contributed by atoms with Crippen molar-refractivity contribution in [1.29, 1.82) is 5.26 Å². The number of hydrogen-bond donors (Lipinski definition) is 2. The van der Waals surface area contributed by atoms with E-state index in [-0.39, 0.29) is 11.8 Å². The molecule has 1 amide bonds. The fourth-order valence-electron chi connectivity index (χ4n) is 1.03. The molecule has 0 aromatic heterocycles. The van der Waals surface area contributed by atoms with Crippen molar-refractivity contribution in [3.05, 3.63) is 0 Å². The summed E-state index contributed by atoms with van der Waals surface area (Å²) < 4.78 is 0. The number of hydrogen-bond acceptors (Lipinski definition) is 4. The van der Waals surface area contributed by atoms with Crippen molar-refractivity contribution in [3.8, 4) is 6.19 Å². The summed E-state index contributed by atoms with van der Waals surface area (Å²) in [5, 5.41) is 14.2. The summed E-state index contributed by atoms with van der Waals surface area (Å²) in [6, 6.07) is 0. The summed E-state index contributed by atoms with van der Waals surface area (Å²) in [5.41, 5.74) is 0. The lowest BCUT2D eigenvalue weighted by Crippen LogP contribution is -2.28. The third-order valence-electron chi connectivity index (χ3n) is 1.97. The van der Waals surface area contributed by atoms with Gasteiger partial charge < -0.3 is 5.32 Å². The minimum atomic E-state index is 0.129. The molecule has 0 aliphatic heterocycles. The van der Waals surface area contributed by atoms with Gasteiger partial charge in [-0.1, -0.05) is 11.8 Å². The van der Waals surface area contributed by atoms with Gasteiger partial charge >= 0.3 is 0 Å². The highest BCUT2D eigenvalue weighted by Gasteiger charge is 2.28. The first kappa shape index (κ1) is 11.9. The number of nitriles is 1. The SMILES string of the molecule is CSC(=NCCNC(=O)C1CC1)NC#N. The van der Waals surface area contributed by atoms with Crippen LogP contribution >= 0.6 is 11.8 Å². The van der Waals surface area contributed by atoms with E-state index in [1.54, 1.807) is 0 Å². The fraction of sp³-hybridized carbons (Fsp3) is 0.667. The fourth-order valence-corrected chi connectivity index (χ4v) is 1.40. The average molecular weight is 226 g/mol. The second-order valence-electron chi connectivity index (χ2n) is 3.19. The van der Waals surface area contributed by atoms with E-state index in [9.17, 15) is 4.79 Å². The van der Waals surface area contributed by atoms with Gasteiger partial charge in [-0.05, 0) is 19.1 Å². The number of rotatable bonds is 4. The molecule has 0 bridgehead atoms. The minimum Gasteiger partial charge on any atom is -0.354 e. The first-order valence-corrected chi connectivity index (χ1v) is 6.01. The molecule has 1 fully saturated rings. The second kappa shape index (κ2) is 6.30. The lowest BCUT2D eigenvalue weighted by molar-refractivity contribution is -0.122. The van der Waals surface area contributed by atoms with Gasteiger partial charge in [0.1, 0.15) is 0 Å². The predicted molar refractivity (Wildman–Crippen MR) is 60.3 cm³/mol. The number of nitrogens with zero attached hydrogens (tertiary/aromatic N) is 2. The molecule has 0 radical (unpaired) electrons. The first-order chi connectivity index (χ1) is 7.27. The van der Waals surface area contributed by atoms with E-state index in [0.29, 0.717) is 18.3 Å². The van der Waals surface area contributed by atoms with Crippen LogP contribution in [0.15, 0.2) is 4.99 Å². The van der Waals surface area contributed by atoms with Crippen LogP contribution in [0, 0.1) is 17.4 Å². The van der Waals surface area contributed by atoms with Crippen LogP contribution in [0.4, 0.5) is 0 Å². The molecule has 0 aromatic rings. The van der Waals surface area contributed by atoms with Crippen LogP contribution in [0.2, 0.25) is 0 Å². The molecule has 0 atom stereocenters. The van der Waals surface area contributed by atoms with Gasteiger partial charge in [0, 0.05) is 12.5 Å². The second-order valence-corrected chi connectivity index (χ2v) is 3.99. The average Bonchev–Trinajstić information content (AvgIpc) is 3.05. The number of nitrogens with one attached hydrogen (secondary N) is 2. The molecule has 1 aliphatic carbocycles. The summed E-state index contributed by atoms with van der Waals surface area (Å²) in [6.07, 6.45) is 5.68. The summed E-state index contributed by atoms with van der Waals surface area (Å²) in [4.78, 5) is 15.3. The number of carbonyl (C=O) groups is 1. The van der Waals surface area contributed by atoms with Gasteiger partial charge in [0.15, 0.2) is 11.4 Å². The van der Waals surface area contributed by atoms with E-state index in [2.05, 4.69) is 15.6 Å². The van der Waals surface area contributed by atoms with E-state index in [1.165, 1.54) is 11.8 Å². The summed E-state index contributed by atoms with van der Waals surface area (Å²) in [5.74, 6) is 0.371. The molecule has 0 saturated heterocycles. The normalized spacial score (nSPS) is 15.6. The van der Waals surface area contributed by atoms with Crippen molar-refractivity contribution in [2.24, 2.45) is 10.9 Å². The third kappa shape index (κ3) is 4.70. The van der Waals surface area contributed by atoms with Gasteiger partial charge in [0.05, 0.1) is 6.54 Å². The number of amidine groups is 1. The highest BCUT2D eigenvalue weighted by Crippen LogP contribution is 2.28. The highest BCUT2D eigenvalue weighted by molar-refractivity contribution is 8.13. The van der Waals surface area contributed by atoms with Gasteiger partial charge in [0.25, 0.3) is 0 Å². The number of aliphatic imine (C=N–C) groups is 1. The van der Waals surface area contributed by atoms with E-state index in [0.717, 1.165) is 12.8 Å². The maximum absolute atomic E-state index is 11.2. The zero-order valence-electron chi connectivity index (χ0n) is 8.62. The Morgan fingerprint density at radius 1 is 1.67 bits per heavy atom. The summed E-state index contributed by atoms with van der Waals surface area (Å²) in [7, 11) is 0. The number of thioether (sulfide) groups is 1. The van der Waals surface area contributed by atoms with Crippen LogP contribution in [-0.4, -0.2) is 30.4 Å². The Hall–Kier alpha value is -1.22.